The Balaban J connectivity index is 1.78. The molecule has 0 atom stereocenters. The van der Waals surface area contributed by atoms with Crippen molar-refractivity contribution in [3.05, 3.63) is 12.3 Å². The molecule has 14 heavy (non-hydrogen) atoms. The molecule has 0 aromatic rings. The zero-order chi connectivity index (χ0) is 10.2. The minimum Gasteiger partial charge on any atom is -0.383 e. The molecule has 0 aliphatic carbocycles. The maximum absolute atomic E-state index is 3.95. The molecule has 2 aliphatic rings. The lowest BCUT2D eigenvalue weighted by Crippen LogP contribution is -2.60. The molecule has 0 aromatic heterocycles. The topological polar surface area (TPSA) is 15.3 Å². The summed E-state index contributed by atoms with van der Waals surface area (Å²) < 4.78 is 0. The Kier molecular flexibility index (Phi) is 2.56. The van der Waals surface area contributed by atoms with Gasteiger partial charge in [0.25, 0.3) is 0 Å². The average molecular weight is 194 g/mol. The molecule has 1 N–H and O–H groups in total. The van der Waals surface area contributed by atoms with Crippen LogP contribution in [0, 0.1) is 5.92 Å². The second kappa shape index (κ2) is 3.58. The van der Waals surface area contributed by atoms with Gasteiger partial charge in [-0.1, -0.05) is 20.4 Å². The van der Waals surface area contributed by atoms with Crippen LogP contribution in [-0.4, -0.2) is 30.1 Å². The van der Waals surface area contributed by atoms with E-state index in [9.17, 15) is 0 Å². The smallest absolute Gasteiger partial charge is 0.0449 e. The van der Waals surface area contributed by atoms with Crippen molar-refractivity contribution in [3.8, 4) is 0 Å². The van der Waals surface area contributed by atoms with E-state index >= 15 is 0 Å². The molecule has 2 aliphatic heterocycles. The number of nitrogens with zero attached hydrogens (tertiary/aromatic N) is 1. The Hall–Kier alpha value is -0.500. The highest BCUT2D eigenvalue weighted by Gasteiger charge is 2.41. The van der Waals surface area contributed by atoms with E-state index in [0.29, 0.717) is 5.54 Å². The molecule has 2 rings (SSSR count). The number of piperidine rings is 1. The van der Waals surface area contributed by atoms with Gasteiger partial charge in [-0.05, 0) is 18.8 Å². The number of hydrogen-bond acceptors (Lipinski definition) is 2. The summed E-state index contributed by atoms with van der Waals surface area (Å²) in [5.41, 5.74) is 1.69. The molecular weight excluding hydrogens is 172 g/mol. The Labute approximate surface area is 87.4 Å². The van der Waals surface area contributed by atoms with Crippen LogP contribution in [-0.2, 0) is 0 Å². The van der Waals surface area contributed by atoms with Crippen LogP contribution < -0.4 is 5.32 Å². The first-order valence-electron chi connectivity index (χ1n) is 5.78. The fraction of sp³-hybridized carbons (Fsp3) is 0.833. The van der Waals surface area contributed by atoms with Crippen molar-refractivity contribution in [3.63, 3.8) is 0 Å². The zero-order valence-electron chi connectivity index (χ0n) is 9.47. The SMILES string of the molecule is C=C1CC2(CCN(CC(C)C)CC2)N1. The zero-order valence-corrected chi connectivity index (χ0v) is 9.47. The molecular formula is C12H22N2. The molecule has 2 heteroatoms. The Bertz CT molecular complexity index is 214. The Morgan fingerprint density at radius 3 is 2.43 bits per heavy atom. The minimum atomic E-state index is 0.449. The van der Waals surface area contributed by atoms with Crippen LogP contribution in [0.2, 0.25) is 0 Å². The summed E-state index contributed by atoms with van der Waals surface area (Å²) in [4.78, 5) is 2.60. The molecule has 1 spiro atoms. The molecule has 0 bridgehead atoms. The number of rotatable bonds is 2. The fourth-order valence-corrected chi connectivity index (χ4v) is 2.75. The molecule has 2 nitrogen and oxygen atoms in total. The lowest BCUT2D eigenvalue weighted by Gasteiger charge is -2.50. The summed E-state index contributed by atoms with van der Waals surface area (Å²) in [5.74, 6) is 0.799. The first-order valence-corrected chi connectivity index (χ1v) is 5.78. The van der Waals surface area contributed by atoms with Crippen LogP contribution in [0.25, 0.3) is 0 Å². The third kappa shape index (κ3) is 1.95. The van der Waals surface area contributed by atoms with Gasteiger partial charge in [0, 0.05) is 37.3 Å². The van der Waals surface area contributed by atoms with E-state index in [-0.39, 0.29) is 0 Å². The van der Waals surface area contributed by atoms with E-state index in [1.807, 2.05) is 0 Å². The minimum absolute atomic E-state index is 0.449. The summed E-state index contributed by atoms with van der Waals surface area (Å²) in [6.45, 7) is 12.3. The summed E-state index contributed by atoms with van der Waals surface area (Å²) in [5, 5.41) is 3.51. The largest absolute Gasteiger partial charge is 0.383 e. The van der Waals surface area contributed by atoms with Crippen LogP contribution in [0.3, 0.4) is 0 Å². The second-order valence-corrected chi connectivity index (χ2v) is 5.38. The number of likely N-dealkylation sites (tertiary alicyclic amines) is 1. The predicted octanol–water partition coefficient (Wildman–Crippen LogP) is 1.98. The third-order valence-corrected chi connectivity index (χ3v) is 3.43. The molecule has 0 amide bonds. The third-order valence-electron chi connectivity index (χ3n) is 3.43. The molecule has 2 fully saturated rings. The van der Waals surface area contributed by atoms with E-state index in [1.54, 1.807) is 0 Å². The summed E-state index contributed by atoms with van der Waals surface area (Å²) >= 11 is 0. The molecule has 2 saturated heterocycles. The van der Waals surface area contributed by atoms with Crippen LogP contribution in [0.15, 0.2) is 12.3 Å². The quantitative estimate of drug-likeness (QED) is 0.723. The first-order chi connectivity index (χ1) is 6.60. The highest BCUT2D eigenvalue weighted by Crippen LogP contribution is 2.36. The lowest BCUT2D eigenvalue weighted by atomic mass is 9.77. The van der Waals surface area contributed by atoms with E-state index in [1.165, 1.54) is 44.6 Å². The van der Waals surface area contributed by atoms with E-state index < -0.39 is 0 Å². The molecule has 0 unspecified atom stereocenters. The fourth-order valence-electron chi connectivity index (χ4n) is 2.75. The van der Waals surface area contributed by atoms with Gasteiger partial charge in [0.2, 0.25) is 0 Å². The molecule has 80 valence electrons. The highest BCUT2D eigenvalue weighted by molar-refractivity contribution is 5.18. The van der Waals surface area contributed by atoms with Crippen LogP contribution in [0.5, 0.6) is 0 Å². The van der Waals surface area contributed by atoms with Gasteiger partial charge in [-0.3, -0.25) is 0 Å². The van der Waals surface area contributed by atoms with Crippen molar-refractivity contribution in [2.24, 2.45) is 5.92 Å². The van der Waals surface area contributed by atoms with Crippen molar-refractivity contribution in [1.29, 1.82) is 0 Å². The van der Waals surface area contributed by atoms with Gasteiger partial charge in [-0.2, -0.15) is 0 Å². The van der Waals surface area contributed by atoms with Crippen molar-refractivity contribution >= 4 is 0 Å². The molecule has 0 aromatic carbocycles. The van der Waals surface area contributed by atoms with E-state index in [2.05, 4.69) is 30.6 Å². The van der Waals surface area contributed by atoms with Gasteiger partial charge < -0.3 is 10.2 Å². The van der Waals surface area contributed by atoms with Crippen LogP contribution in [0.4, 0.5) is 0 Å². The molecule has 0 radical (unpaired) electrons. The summed E-state index contributed by atoms with van der Waals surface area (Å²) in [6.07, 6.45) is 3.82. The van der Waals surface area contributed by atoms with E-state index in [0.717, 1.165) is 5.92 Å². The Morgan fingerprint density at radius 2 is 2.00 bits per heavy atom. The van der Waals surface area contributed by atoms with Crippen molar-refractivity contribution in [1.82, 2.24) is 10.2 Å². The predicted molar refractivity (Wildman–Crippen MR) is 60.1 cm³/mol. The average Bonchev–Trinajstić information content (AvgIpc) is 2.05. The number of hydrogen-bond donors (Lipinski definition) is 1. The maximum Gasteiger partial charge on any atom is 0.0449 e. The van der Waals surface area contributed by atoms with Crippen molar-refractivity contribution < 1.29 is 0 Å². The summed E-state index contributed by atoms with van der Waals surface area (Å²) in [6, 6.07) is 0. The van der Waals surface area contributed by atoms with Gasteiger partial charge in [0.05, 0.1) is 0 Å². The van der Waals surface area contributed by atoms with Crippen LogP contribution in [0.1, 0.15) is 33.1 Å². The van der Waals surface area contributed by atoms with Gasteiger partial charge in [0.15, 0.2) is 0 Å². The standard InChI is InChI=1S/C12H22N2/c1-10(2)9-14-6-4-12(5-7-14)8-11(3)13-12/h10,13H,3-9H2,1-2H3. The lowest BCUT2D eigenvalue weighted by molar-refractivity contribution is 0.101. The van der Waals surface area contributed by atoms with Crippen molar-refractivity contribution in [2.45, 2.75) is 38.6 Å². The molecule has 0 saturated carbocycles. The first kappa shape index (κ1) is 10.0. The van der Waals surface area contributed by atoms with Gasteiger partial charge >= 0.3 is 0 Å². The monoisotopic (exact) mass is 194 g/mol. The van der Waals surface area contributed by atoms with Crippen LogP contribution >= 0.6 is 0 Å². The van der Waals surface area contributed by atoms with Gasteiger partial charge in [-0.25, -0.2) is 0 Å². The van der Waals surface area contributed by atoms with Crippen molar-refractivity contribution in [2.75, 3.05) is 19.6 Å². The van der Waals surface area contributed by atoms with E-state index in [4.69, 9.17) is 0 Å². The number of nitrogens with one attached hydrogen (secondary N) is 1. The van der Waals surface area contributed by atoms with Gasteiger partial charge in [-0.15, -0.1) is 0 Å². The second-order valence-electron chi connectivity index (χ2n) is 5.38. The molecule has 2 heterocycles. The van der Waals surface area contributed by atoms with Gasteiger partial charge in [0.1, 0.15) is 0 Å². The normalized spacial score (nSPS) is 26.4. The summed E-state index contributed by atoms with van der Waals surface area (Å²) in [7, 11) is 0. The highest BCUT2D eigenvalue weighted by atomic mass is 15.2. The maximum atomic E-state index is 3.95. The Morgan fingerprint density at radius 1 is 1.43 bits per heavy atom.